The Bertz CT molecular complexity index is 834. The van der Waals surface area contributed by atoms with Crippen LogP contribution in [0.4, 0.5) is 23.7 Å². The number of benzene rings is 2. The second kappa shape index (κ2) is 6.72. The molecule has 0 bridgehead atoms. The number of hydrogen-bond acceptors (Lipinski definition) is 2. The summed E-state index contributed by atoms with van der Waals surface area (Å²) in [7, 11) is 0. The highest BCUT2D eigenvalue weighted by Crippen LogP contribution is 2.53. The number of para-hydroxylation sites is 1. The molecule has 1 N–H and O–H groups in total. The van der Waals surface area contributed by atoms with Gasteiger partial charge in [-0.3, -0.25) is 4.90 Å². The van der Waals surface area contributed by atoms with E-state index in [9.17, 15) is 18.0 Å². The zero-order chi connectivity index (χ0) is 18.9. The van der Waals surface area contributed by atoms with E-state index in [1.54, 1.807) is 56.3 Å². The van der Waals surface area contributed by atoms with Crippen LogP contribution in [0.15, 0.2) is 65.7 Å². The maximum absolute atomic E-state index is 14.1. The SMILES string of the molecule is C/C=C1\S[C@](c2ccc(C)cc2)(C(F)(F)F)NC(=O)N1c1ccccc1. The molecule has 0 saturated carbocycles. The average Bonchev–Trinajstić information content (AvgIpc) is 2.61. The molecular weight excluding hydrogens is 361 g/mol. The highest BCUT2D eigenvalue weighted by Gasteiger charge is 2.61. The van der Waals surface area contributed by atoms with Gasteiger partial charge in [-0.05, 0) is 31.5 Å². The molecule has 1 saturated heterocycles. The van der Waals surface area contributed by atoms with E-state index in [2.05, 4.69) is 5.32 Å². The molecule has 1 aliphatic heterocycles. The number of amides is 2. The van der Waals surface area contributed by atoms with E-state index in [0.717, 1.165) is 5.56 Å². The lowest BCUT2D eigenvalue weighted by Crippen LogP contribution is -2.60. The molecule has 136 valence electrons. The van der Waals surface area contributed by atoms with Gasteiger partial charge in [0.05, 0.1) is 10.7 Å². The van der Waals surface area contributed by atoms with Crippen LogP contribution in [0.3, 0.4) is 0 Å². The van der Waals surface area contributed by atoms with Gasteiger partial charge in [-0.2, -0.15) is 13.2 Å². The zero-order valence-corrected chi connectivity index (χ0v) is 15.0. The molecule has 2 aromatic carbocycles. The highest BCUT2D eigenvalue weighted by molar-refractivity contribution is 8.04. The third-order valence-electron chi connectivity index (χ3n) is 4.08. The minimum absolute atomic E-state index is 0.0130. The molecule has 2 aromatic rings. The van der Waals surface area contributed by atoms with Crippen molar-refractivity contribution in [2.75, 3.05) is 4.90 Å². The van der Waals surface area contributed by atoms with Crippen molar-refractivity contribution in [2.24, 2.45) is 0 Å². The summed E-state index contributed by atoms with van der Waals surface area (Å²) < 4.78 is 42.3. The summed E-state index contributed by atoms with van der Waals surface area (Å²) in [6.45, 7) is 3.41. The van der Waals surface area contributed by atoms with Gasteiger partial charge in [0, 0.05) is 0 Å². The first kappa shape index (κ1) is 18.4. The van der Waals surface area contributed by atoms with Crippen LogP contribution < -0.4 is 10.2 Å². The maximum Gasteiger partial charge on any atom is 0.425 e. The molecule has 0 spiro atoms. The molecule has 7 heteroatoms. The van der Waals surface area contributed by atoms with Crippen molar-refractivity contribution in [1.29, 1.82) is 0 Å². The Balaban J connectivity index is 2.10. The number of thioether (sulfide) groups is 1. The zero-order valence-electron chi connectivity index (χ0n) is 14.2. The van der Waals surface area contributed by atoms with Crippen LogP contribution in [0.5, 0.6) is 0 Å². The number of rotatable bonds is 2. The number of alkyl halides is 3. The number of hydrogen-bond donors (Lipinski definition) is 1. The fourth-order valence-electron chi connectivity index (χ4n) is 2.76. The molecule has 0 radical (unpaired) electrons. The number of allylic oxidation sites excluding steroid dienone is 1. The molecule has 1 fully saturated rings. The van der Waals surface area contributed by atoms with Gasteiger partial charge >= 0.3 is 12.2 Å². The summed E-state index contributed by atoms with van der Waals surface area (Å²) in [5.41, 5.74) is 1.33. The molecule has 3 rings (SSSR count). The molecule has 26 heavy (non-hydrogen) atoms. The third-order valence-corrected chi connectivity index (χ3v) is 5.59. The number of anilines is 1. The summed E-state index contributed by atoms with van der Waals surface area (Å²) in [4.78, 5) is 11.4. The Hall–Kier alpha value is -2.41. The largest absolute Gasteiger partial charge is 0.425 e. The Morgan fingerprint density at radius 2 is 1.69 bits per heavy atom. The van der Waals surface area contributed by atoms with E-state index < -0.39 is 17.1 Å². The van der Waals surface area contributed by atoms with Crippen molar-refractivity contribution in [3.05, 3.63) is 76.8 Å². The maximum atomic E-state index is 14.1. The van der Waals surface area contributed by atoms with E-state index in [1.165, 1.54) is 23.1 Å². The summed E-state index contributed by atoms with van der Waals surface area (Å²) in [5.74, 6) is 0. The monoisotopic (exact) mass is 378 g/mol. The minimum Gasteiger partial charge on any atom is -0.311 e. The predicted octanol–water partition coefficient (Wildman–Crippen LogP) is 5.53. The number of halogens is 3. The Morgan fingerprint density at radius 1 is 1.08 bits per heavy atom. The van der Waals surface area contributed by atoms with Gasteiger partial charge in [0.15, 0.2) is 0 Å². The topological polar surface area (TPSA) is 32.3 Å². The van der Waals surface area contributed by atoms with E-state index in [-0.39, 0.29) is 10.6 Å². The third kappa shape index (κ3) is 3.07. The van der Waals surface area contributed by atoms with E-state index in [0.29, 0.717) is 17.4 Å². The molecule has 1 heterocycles. The fourth-order valence-corrected chi connectivity index (χ4v) is 3.98. The minimum atomic E-state index is -4.68. The van der Waals surface area contributed by atoms with E-state index in [1.807, 2.05) is 0 Å². The number of carbonyl (C=O) groups excluding carboxylic acids is 1. The van der Waals surface area contributed by atoms with Crippen molar-refractivity contribution < 1.29 is 18.0 Å². The molecule has 0 aliphatic carbocycles. The molecule has 3 nitrogen and oxygen atoms in total. The van der Waals surface area contributed by atoms with Crippen LogP contribution >= 0.6 is 11.8 Å². The van der Waals surface area contributed by atoms with Crippen LogP contribution in [0, 0.1) is 6.92 Å². The number of aryl methyl sites for hydroxylation is 1. The number of nitrogens with one attached hydrogen (secondary N) is 1. The second-order valence-corrected chi connectivity index (χ2v) is 7.11. The molecule has 1 aliphatic rings. The Kier molecular flexibility index (Phi) is 4.75. The summed E-state index contributed by atoms with van der Waals surface area (Å²) in [6.07, 6.45) is -3.16. The van der Waals surface area contributed by atoms with Crippen molar-refractivity contribution in [2.45, 2.75) is 24.9 Å². The first-order valence-corrected chi connectivity index (χ1v) is 8.76. The first-order chi connectivity index (χ1) is 12.3. The van der Waals surface area contributed by atoms with E-state index >= 15 is 0 Å². The first-order valence-electron chi connectivity index (χ1n) is 7.95. The van der Waals surface area contributed by atoms with Crippen molar-refractivity contribution in [1.82, 2.24) is 5.32 Å². The van der Waals surface area contributed by atoms with Crippen LogP contribution in [0.1, 0.15) is 18.1 Å². The van der Waals surface area contributed by atoms with Gasteiger partial charge in [0.25, 0.3) is 0 Å². The van der Waals surface area contributed by atoms with Gasteiger partial charge in [-0.25, -0.2) is 4.79 Å². The number of urea groups is 1. The predicted molar refractivity (Wildman–Crippen MR) is 97.7 cm³/mol. The highest BCUT2D eigenvalue weighted by atomic mass is 32.2. The van der Waals surface area contributed by atoms with Crippen molar-refractivity contribution in [3.63, 3.8) is 0 Å². The number of nitrogens with zero attached hydrogens (tertiary/aromatic N) is 1. The second-order valence-electron chi connectivity index (χ2n) is 5.88. The molecular formula is C19H17F3N2OS. The summed E-state index contributed by atoms with van der Waals surface area (Å²) in [6, 6.07) is 13.8. The average molecular weight is 378 g/mol. The Labute approximate surface area is 153 Å². The van der Waals surface area contributed by atoms with Gasteiger partial charge in [-0.1, -0.05) is 65.9 Å². The summed E-state index contributed by atoms with van der Waals surface area (Å²) in [5, 5.41) is 2.42. The van der Waals surface area contributed by atoms with Crippen LogP contribution in [-0.4, -0.2) is 12.2 Å². The van der Waals surface area contributed by atoms with Gasteiger partial charge in [-0.15, -0.1) is 0 Å². The van der Waals surface area contributed by atoms with Crippen molar-refractivity contribution in [3.8, 4) is 0 Å². The van der Waals surface area contributed by atoms with E-state index in [4.69, 9.17) is 0 Å². The fraction of sp³-hybridized carbons (Fsp3) is 0.211. The molecule has 0 aromatic heterocycles. The lowest BCUT2D eigenvalue weighted by Gasteiger charge is -2.44. The van der Waals surface area contributed by atoms with Crippen molar-refractivity contribution >= 4 is 23.5 Å². The molecule has 0 unspecified atom stereocenters. The van der Waals surface area contributed by atoms with Crippen LogP contribution in [0.25, 0.3) is 0 Å². The van der Waals surface area contributed by atoms with Gasteiger partial charge < -0.3 is 5.32 Å². The molecule has 2 amide bonds. The van der Waals surface area contributed by atoms with Crippen LogP contribution in [-0.2, 0) is 4.87 Å². The van der Waals surface area contributed by atoms with Gasteiger partial charge in [0.2, 0.25) is 4.87 Å². The Morgan fingerprint density at radius 3 is 2.23 bits per heavy atom. The lowest BCUT2D eigenvalue weighted by atomic mass is 10.0. The standard InChI is InChI=1S/C19H17F3N2OS/c1-3-16-24(15-7-5-4-6-8-15)17(25)23-18(26-16,19(20,21)22)14-11-9-13(2)10-12-14/h3-12H,1-2H3,(H,23,25)/b16-3-/t18-/m1/s1. The van der Waals surface area contributed by atoms with Crippen LogP contribution in [0.2, 0.25) is 0 Å². The lowest BCUT2D eigenvalue weighted by molar-refractivity contribution is -0.167. The van der Waals surface area contributed by atoms with Gasteiger partial charge in [0.1, 0.15) is 0 Å². The smallest absolute Gasteiger partial charge is 0.311 e. The normalized spacial score (nSPS) is 22.4. The molecule has 1 atom stereocenters. The summed E-state index contributed by atoms with van der Waals surface area (Å²) >= 11 is 0.582. The quantitative estimate of drug-likeness (QED) is 0.745. The number of carbonyl (C=O) groups is 1.